The Morgan fingerprint density at radius 2 is 2.06 bits per heavy atom. The Morgan fingerprint density at radius 3 is 2.62 bits per heavy atom. The van der Waals surface area contributed by atoms with E-state index in [0.29, 0.717) is 0 Å². The summed E-state index contributed by atoms with van der Waals surface area (Å²) in [5, 5.41) is 9.92. The van der Waals surface area contributed by atoms with Gasteiger partial charge < -0.3 is 5.11 Å². The van der Waals surface area contributed by atoms with Gasteiger partial charge in [-0.2, -0.15) is 0 Å². The van der Waals surface area contributed by atoms with E-state index in [2.05, 4.69) is 31.8 Å². The van der Waals surface area contributed by atoms with Gasteiger partial charge in [-0.3, -0.25) is 4.79 Å². The molecule has 0 heterocycles. The first-order valence-electron chi connectivity index (χ1n) is 5.38. The summed E-state index contributed by atoms with van der Waals surface area (Å²) >= 11 is 0. The Kier molecular flexibility index (Phi) is 4.07. The van der Waals surface area contributed by atoms with E-state index in [1.807, 2.05) is 18.2 Å². The molecular formula is C13H18O2Si. The van der Waals surface area contributed by atoms with Crippen LogP contribution in [0.3, 0.4) is 0 Å². The molecule has 0 unspecified atom stereocenters. The molecule has 0 saturated heterocycles. The van der Waals surface area contributed by atoms with Gasteiger partial charge in [-0.1, -0.05) is 61.2 Å². The van der Waals surface area contributed by atoms with Crippen molar-refractivity contribution in [2.45, 2.75) is 26.1 Å². The maximum atomic E-state index is 10.4. The van der Waals surface area contributed by atoms with Crippen LogP contribution in [0.1, 0.15) is 12.0 Å². The van der Waals surface area contributed by atoms with Crippen LogP contribution in [0.2, 0.25) is 19.6 Å². The fourth-order valence-corrected chi connectivity index (χ4v) is 2.60. The monoisotopic (exact) mass is 234 g/mol. The van der Waals surface area contributed by atoms with Gasteiger partial charge in [0.15, 0.2) is 0 Å². The van der Waals surface area contributed by atoms with Gasteiger partial charge in [0.1, 0.15) is 0 Å². The van der Waals surface area contributed by atoms with Crippen LogP contribution >= 0.6 is 0 Å². The Balaban J connectivity index is 2.83. The molecule has 0 aliphatic carbocycles. The van der Waals surface area contributed by atoms with E-state index < -0.39 is 14.0 Å². The molecule has 86 valence electrons. The molecule has 1 N–H and O–H groups in total. The summed E-state index contributed by atoms with van der Waals surface area (Å²) in [6, 6.07) is 8.35. The summed E-state index contributed by atoms with van der Waals surface area (Å²) in [5.74, 6) is -0.794. The topological polar surface area (TPSA) is 37.3 Å². The van der Waals surface area contributed by atoms with Crippen molar-refractivity contribution >= 4 is 25.3 Å². The second-order valence-electron chi connectivity index (χ2n) is 4.88. The second-order valence-corrected chi connectivity index (χ2v) is 9.95. The highest BCUT2D eigenvalue weighted by Gasteiger charge is 2.15. The SMILES string of the molecule is C[Si](C)(C)c1cccc(C=CCC(=O)O)c1. The Labute approximate surface area is 97.6 Å². The highest BCUT2D eigenvalue weighted by molar-refractivity contribution is 6.88. The summed E-state index contributed by atoms with van der Waals surface area (Å²) in [6.07, 6.45) is 3.64. The number of carboxylic acid groups (broad SMARTS) is 1. The second kappa shape index (κ2) is 5.12. The maximum absolute atomic E-state index is 10.4. The van der Waals surface area contributed by atoms with Crippen LogP contribution in [-0.2, 0) is 4.79 Å². The van der Waals surface area contributed by atoms with E-state index in [1.165, 1.54) is 5.19 Å². The van der Waals surface area contributed by atoms with Gasteiger partial charge in [0, 0.05) is 0 Å². The summed E-state index contributed by atoms with van der Waals surface area (Å²) in [6.45, 7) is 6.90. The smallest absolute Gasteiger partial charge is 0.307 e. The first-order valence-corrected chi connectivity index (χ1v) is 8.88. The van der Waals surface area contributed by atoms with Crippen LogP contribution in [0.5, 0.6) is 0 Å². The highest BCUT2D eigenvalue weighted by Crippen LogP contribution is 2.07. The van der Waals surface area contributed by atoms with E-state index in [1.54, 1.807) is 6.08 Å². The van der Waals surface area contributed by atoms with E-state index in [-0.39, 0.29) is 6.42 Å². The highest BCUT2D eigenvalue weighted by atomic mass is 28.3. The molecule has 0 saturated carbocycles. The van der Waals surface area contributed by atoms with E-state index in [0.717, 1.165) is 5.56 Å². The molecule has 1 aromatic rings. The molecule has 0 radical (unpaired) electrons. The van der Waals surface area contributed by atoms with Gasteiger partial charge in [0.25, 0.3) is 0 Å². The molecule has 3 heteroatoms. The number of hydrogen-bond acceptors (Lipinski definition) is 1. The van der Waals surface area contributed by atoms with Gasteiger partial charge in [0.2, 0.25) is 0 Å². The molecule has 1 aromatic carbocycles. The predicted octanol–water partition coefficient (Wildman–Crippen LogP) is 2.72. The van der Waals surface area contributed by atoms with Crippen molar-refractivity contribution in [2.24, 2.45) is 0 Å². The minimum atomic E-state index is -1.28. The van der Waals surface area contributed by atoms with Crippen molar-refractivity contribution in [3.05, 3.63) is 35.9 Å². The lowest BCUT2D eigenvalue weighted by Gasteiger charge is -2.16. The molecule has 1 rings (SSSR count). The number of hydrogen-bond donors (Lipinski definition) is 1. The largest absolute Gasteiger partial charge is 0.481 e. The zero-order valence-corrected chi connectivity index (χ0v) is 11.0. The molecule has 16 heavy (non-hydrogen) atoms. The zero-order valence-electron chi connectivity index (χ0n) is 10.0. The van der Waals surface area contributed by atoms with Crippen LogP contribution in [-0.4, -0.2) is 19.1 Å². The van der Waals surface area contributed by atoms with E-state index in [4.69, 9.17) is 5.11 Å². The third-order valence-electron chi connectivity index (χ3n) is 2.36. The van der Waals surface area contributed by atoms with Gasteiger partial charge in [0.05, 0.1) is 14.5 Å². The van der Waals surface area contributed by atoms with Crippen LogP contribution in [0.4, 0.5) is 0 Å². The normalized spacial score (nSPS) is 11.9. The third-order valence-corrected chi connectivity index (χ3v) is 4.40. The molecule has 0 amide bonds. The van der Waals surface area contributed by atoms with Crippen molar-refractivity contribution < 1.29 is 9.90 Å². The minimum Gasteiger partial charge on any atom is -0.481 e. The molecule has 2 nitrogen and oxygen atoms in total. The number of carbonyl (C=O) groups is 1. The van der Waals surface area contributed by atoms with E-state index >= 15 is 0 Å². The maximum Gasteiger partial charge on any atom is 0.307 e. The van der Waals surface area contributed by atoms with Crippen LogP contribution in [0.25, 0.3) is 6.08 Å². The number of rotatable bonds is 4. The molecular weight excluding hydrogens is 216 g/mol. The number of benzene rings is 1. The predicted molar refractivity (Wildman–Crippen MR) is 70.7 cm³/mol. The summed E-state index contributed by atoms with van der Waals surface area (Å²) in [4.78, 5) is 10.4. The van der Waals surface area contributed by atoms with Crippen LogP contribution in [0.15, 0.2) is 30.3 Å². The molecule has 0 atom stereocenters. The van der Waals surface area contributed by atoms with Crippen LogP contribution in [0, 0.1) is 0 Å². The quantitative estimate of drug-likeness (QED) is 0.813. The van der Waals surface area contributed by atoms with Crippen molar-refractivity contribution in [1.29, 1.82) is 0 Å². The van der Waals surface area contributed by atoms with Crippen molar-refractivity contribution in [1.82, 2.24) is 0 Å². The van der Waals surface area contributed by atoms with Crippen molar-refractivity contribution in [2.75, 3.05) is 0 Å². The summed E-state index contributed by atoms with van der Waals surface area (Å²) < 4.78 is 0. The van der Waals surface area contributed by atoms with E-state index in [9.17, 15) is 4.79 Å². The molecule has 0 spiro atoms. The standard InChI is InChI=1S/C13H18O2Si/c1-16(2,3)12-8-4-6-11(10-12)7-5-9-13(14)15/h4-8,10H,9H2,1-3H3,(H,14,15). The molecule has 0 aliphatic heterocycles. The molecule has 0 aromatic heterocycles. The lowest BCUT2D eigenvalue weighted by atomic mass is 10.2. The van der Waals surface area contributed by atoms with Gasteiger partial charge in [-0.25, -0.2) is 0 Å². The first-order chi connectivity index (χ1) is 7.39. The van der Waals surface area contributed by atoms with Gasteiger partial charge in [-0.15, -0.1) is 0 Å². The average Bonchev–Trinajstić information content (AvgIpc) is 2.16. The zero-order chi connectivity index (χ0) is 12.2. The average molecular weight is 234 g/mol. The minimum absolute atomic E-state index is 0.0805. The van der Waals surface area contributed by atoms with Gasteiger partial charge >= 0.3 is 5.97 Å². The number of carboxylic acids is 1. The molecule has 0 fully saturated rings. The fraction of sp³-hybridized carbons (Fsp3) is 0.308. The van der Waals surface area contributed by atoms with Crippen LogP contribution < -0.4 is 5.19 Å². The summed E-state index contributed by atoms with van der Waals surface area (Å²) in [5.41, 5.74) is 1.08. The van der Waals surface area contributed by atoms with Gasteiger partial charge in [-0.05, 0) is 5.56 Å². The summed E-state index contributed by atoms with van der Waals surface area (Å²) in [7, 11) is -1.28. The Morgan fingerprint density at radius 1 is 1.38 bits per heavy atom. The fourth-order valence-electron chi connectivity index (χ4n) is 1.40. The number of aliphatic carboxylic acids is 1. The lowest BCUT2D eigenvalue weighted by molar-refractivity contribution is -0.135. The molecule has 0 aliphatic rings. The third kappa shape index (κ3) is 4.02. The van der Waals surface area contributed by atoms with Crippen molar-refractivity contribution in [3.63, 3.8) is 0 Å². The Hall–Kier alpha value is -1.35. The Bertz CT molecular complexity index is 403. The first kappa shape index (κ1) is 12.7. The lowest BCUT2D eigenvalue weighted by Crippen LogP contribution is -2.37. The molecule has 0 bridgehead atoms. The van der Waals surface area contributed by atoms with Crippen molar-refractivity contribution in [3.8, 4) is 0 Å².